The van der Waals surface area contributed by atoms with E-state index in [1.165, 1.54) is 13.0 Å². The molecule has 0 fully saturated rings. The Kier molecular flexibility index (Phi) is 7.73. The van der Waals surface area contributed by atoms with Crippen molar-refractivity contribution in [3.05, 3.63) is 23.8 Å². The lowest BCUT2D eigenvalue weighted by atomic mass is 10.1. The van der Waals surface area contributed by atoms with E-state index < -0.39 is 11.7 Å². The van der Waals surface area contributed by atoms with Gasteiger partial charge in [-0.25, -0.2) is 0 Å². The average molecular weight is 359 g/mol. The molecule has 1 aromatic carbocycles. The molecule has 0 bridgehead atoms. The third-order valence-electron chi connectivity index (χ3n) is 3.53. The molecule has 0 atom stereocenters. The van der Waals surface area contributed by atoms with Gasteiger partial charge in [-0.15, -0.1) is 0 Å². The van der Waals surface area contributed by atoms with Crippen molar-refractivity contribution in [2.45, 2.75) is 38.8 Å². The van der Waals surface area contributed by atoms with Crippen molar-refractivity contribution in [2.75, 3.05) is 30.9 Å². The van der Waals surface area contributed by atoms with Gasteiger partial charge in [0.05, 0.1) is 16.9 Å². The third-order valence-corrected chi connectivity index (χ3v) is 3.53. The molecular weight excluding hydrogens is 335 g/mol. The summed E-state index contributed by atoms with van der Waals surface area (Å²) in [7, 11) is 3.39. The van der Waals surface area contributed by atoms with Crippen LogP contribution in [0.5, 0.6) is 0 Å². The van der Waals surface area contributed by atoms with E-state index in [0.717, 1.165) is 25.0 Å². The van der Waals surface area contributed by atoms with Crippen molar-refractivity contribution in [3.8, 4) is 0 Å². The monoisotopic (exact) mass is 359 g/mol. The maximum atomic E-state index is 12.9. The van der Waals surface area contributed by atoms with Crippen LogP contribution >= 0.6 is 0 Å². The Balaban J connectivity index is 2.61. The molecule has 0 aliphatic carbocycles. The van der Waals surface area contributed by atoms with E-state index in [9.17, 15) is 22.8 Å². The number of nitrogens with one attached hydrogen (secondary N) is 2. The quantitative estimate of drug-likeness (QED) is 0.700. The molecule has 0 aliphatic rings. The lowest BCUT2D eigenvalue weighted by Gasteiger charge is -2.19. The number of carbonyl (C=O) groups excluding carboxylic acids is 2. The van der Waals surface area contributed by atoms with Gasteiger partial charge in [0.15, 0.2) is 0 Å². The van der Waals surface area contributed by atoms with E-state index in [0.29, 0.717) is 18.7 Å². The fourth-order valence-corrected chi connectivity index (χ4v) is 2.27. The molecule has 0 unspecified atom stereocenters. The minimum atomic E-state index is -4.46. The van der Waals surface area contributed by atoms with Crippen molar-refractivity contribution in [2.24, 2.45) is 0 Å². The van der Waals surface area contributed by atoms with Crippen LogP contribution in [0.3, 0.4) is 0 Å². The van der Waals surface area contributed by atoms with Crippen LogP contribution in [0.1, 0.15) is 38.2 Å². The smallest absolute Gasteiger partial charge is 0.376 e. The molecule has 0 aromatic heterocycles. The van der Waals surface area contributed by atoms with Crippen LogP contribution in [-0.2, 0) is 15.8 Å². The molecule has 1 rings (SSSR count). The number of nitrogens with zero attached hydrogens (tertiary/aromatic N) is 1. The zero-order valence-corrected chi connectivity index (χ0v) is 14.7. The molecule has 0 radical (unpaired) electrons. The van der Waals surface area contributed by atoms with Crippen LogP contribution in [0.2, 0.25) is 0 Å². The maximum absolute atomic E-state index is 12.9. The van der Waals surface area contributed by atoms with Gasteiger partial charge in [0.25, 0.3) is 0 Å². The summed E-state index contributed by atoms with van der Waals surface area (Å²) in [6, 6.07) is 3.28. The first-order valence-corrected chi connectivity index (χ1v) is 8.04. The van der Waals surface area contributed by atoms with Gasteiger partial charge in [-0.2, -0.15) is 13.2 Å². The summed E-state index contributed by atoms with van der Waals surface area (Å²) in [6.45, 7) is 1.99. The van der Waals surface area contributed by atoms with Crippen molar-refractivity contribution >= 4 is 23.2 Å². The summed E-state index contributed by atoms with van der Waals surface area (Å²) in [5.41, 5.74) is -0.154. The van der Waals surface area contributed by atoms with Gasteiger partial charge in [0, 0.05) is 34.0 Å². The highest BCUT2D eigenvalue weighted by Crippen LogP contribution is 2.35. The van der Waals surface area contributed by atoms with E-state index in [1.807, 2.05) is 0 Å². The third kappa shape index (κ3) is 7.45. The average Bonchev–Trinajstić information content (AvgIpc) is 2.49. The zero-order valence-electron chi connectivity index (χ0n) is 14.7. The first kappa shape index (κ1) is 20.8. The Morgan fingerprint density at radius 2 is 1.80 bits per heavy atom. The molecule has 25 heavy (non-hydrogen) atoms. The molecule has 2 amide bonds. The van der Waals surface area contributed by atoms with E-state index >= 15 is 0 Å². The van der Waals surface area contributed by atoms with Crippen molar-refractivity contribution in [1.82, 2.24) is 5.32 Å². The van der Waals surface area contributed by atoms with Crippen molar-refractivity contribution in [1.29, 1.82) is 0 Å². The highest BCUT2D eigenvalue weighted by Gasteiger charge is 2.31. The number of hydrogen-bond acceptors (Lipinski definition) is 3. The highest BCUT2D eigenvalue weighted by molar-refractivity contribution is 5.94. The largest absolute Gasteiger partial charge is 0.416 e. The van der Waals surface area contributed by atoms with Crippen LogP contribution < -0.4 is 15.5 Å². The molecule has 8 heteroatoms. The Morgan fingerprint density at radius 3 is 2.36 bits per heavy atom. The van der Waals surface area contributed by atoms with Gasteiger partial charge >= 0.3 is 6.18 Å². The van der Waals surface area contributed by atoms with Crippen LogP contribution in [0.25, 0.3) is 0 Å². The predicted octanol–water partition coefficient (Wildman–Crippen LogP) is 3.41. The van der Waals surface area contributed by atoms with Gasteiger partial charge in [0.1, 0.15) is 0 Å². The van der Waals surface area contributed by atoms with Crippen LogP contribution in [0.4, 0.5) is 24.5 Å². The number of hydrogen-bond donors (Lipinski definition) is 2. The standard InChI is InChI=1S/C17H24F3N3O2/c1-12(24)21-10-6-4-5-7-16(25)22-14-11-13(17(18,19)20)8-9-15(14)23(2)3/h8-9,11H,4-7,10H2,1-3H3,(H,21,24)(H,22,25). The number of alkyl halides is 3. The summed E-state index contributed by atoms with van der Waals surface area (Å²) < 4.78 is 38.6. The molecule has 140 valence electrons. The van der Waals surface area contributed by atoms with Crippen molar-refractivity contribution in [3.63, 3.8) is 0 Å². The molecule has 0 saturated heterocycles. The van der Waals surface area contributed by atoms with E-state index in [1.54, 1.807) is 19.0 Å². The number of benzene rings is 1. The van der Waals surface area contributed by atoms with Crippen LogP contribution in [0.15, 0.2) is 18.2 Å². The number of carbonyl (C=O) groups is 2. The maximum Gasteiger partial charge on any atom is 0.416 e. The molecule has 0 saturated carbocycles. The summed E-state index contributed by atoms with van der Waals surface area (Å²) in [6.07, 6.45) is -2.16. The van der Waals surface area contributed by atoms with E-state index in [2.05, 4.69) is 10.6 Å². The fraction of sp³-hybridized carbons (Fsp3) is 0.529. The number of anilines is 2. The molecule has 0 aliphatic heterocycles. The first-order valence-electron chi connectivity index (χ1n) is 8.04. The van der Waals surface area contributed by atoms with Crippen LogP contribution in [-0.4, -0.2) is 32.5 Å². The van der Waals surface area contributed by atoms with Gasteiger partial charge in [-0.3, -0.25) is 9.59 Å². The van der Waals surface area contributed by atoms with Crippen molar-refractivity contribution < 1.29 is 22.8 Å². The van der Waals surface area contributed by atoms with Gasteiger partial charge < -0.3 is 15.5 Å². The molecular formula is C17H24F3N3O2. The number of amides is 2. The van der Waals surface area contributed by atoms with Crippen LogP contribution in [0, 0.1) is 0 Å². The summed E-state index contributed by atoms with van der Waals surface area (Å²) in [4.78, 5) is 24.4. The lowest BCUT2D eigenvalue weighted by molar-refractivity contribution is -0.137. The topological polar surface area (TPSA) is 61.4 Å². The van der Waals surface area contributed by atoms with E-state index in [4.69, 9.17) is 0 Å². The molecule has 1 aromatic rings. The SMILES string of the molecule is CC(=O)NCCCCCC(=O)Nc1cc(C(F)(F)F)ccc1N(C)C. The minimum Gasteiger partial charge on any atom is -0.376 e. The second-order valence-electron chi connectivity index (χ2n) is 5.97. The van der Waals surface area contributed by atoms with Gasteiger partial charge in [-0.05, 0) is 31.0 Å². The molecule has 0 spiro atoms. The first-order chi connectivity index (χ1) is 11.6. The molecule has 2 N–H and O–H groups in total. The summed E-state index contributed by atoms with van der Waals surface area (Å²) >= 11 is 0. The Morgan fingerprint density at radius 1 is 1.12 bits per heavy atom. The number of halogens is 3. The number of unbranched alkanes of at least 4 members (excludes halogenated alkanes) is 2. The Hall–Kier alpha value is -2.25. The highest BCUT2D eigenvalue weighted by atomic mass is 19.4. The zero-order chi connectivity index (χ0) is 19.0. The predicted molar refractivity (Wildman–Crippen MR) is 91.6 cm³/mol. The normalized spacial score (nSPS) is 11.1. The summed E-state index contributed by atoms with van der Waals surface area (Å²) in [5.74, 6) is -0.430. The number of rotatable bonds is 8. The second-order valence-corrected chi connectivity index (χ2v) is 5.97. The van der Waals surface area contributed by atoms with Gasteiger partial charge in [-0.1, -0.05) is 6.42 Å². The van der Waals surface area contributed by atoms with Gasteiger partial charge in [0.2, 0.25) is 11.8 Å². The van der Waals surface area contributed by atoms with E-state index in [-0.39, 0.29) is 23.9 Å². The lowest BCUT2D eigenvalue weighted by Crippen LogP contribution is -2.21. The summed E-state index contributed by atoms with van der Waals surface area (Å²) in [5, 5.41) is 5.23. The molecule has 5 nitrogen and oxygen atoms in total. The Bertz CT molecular complexity index is 601. The molecule has 0 heterocycles. The minimum absolute atomic E-state index is 0.0986. The second kappa shape index (κ2) is 9.29. The Labute approximate surface area is 145 Å². The fourth-order valence-electron chi connectivity index (χ4n) is 2.27.